The molecule has 1 aliphatic heterocycles. The van der Waals surface area contributed by atoms with Crippen molar-refractivity contribution in [2.45, 2.75) is 32.0 Å². The number of aryl methyl sites for hydroxylation is 1. The topological polar surface area (TPSA) is 83.5 Å². The average Bonchev–Trinajstić information content (AvgIpc) is 2.60. The number of halogens is 3. The van der Waals surface area contributed by atoms with Crippen molar-refractivity contribution in [1.82, 2.24) is 10.3 Å². The second-order valence-electron chi connectivity index (χ2n) is 6.63. The van der Waals surface area contributed by atoms with Gasteiger partial charge in [0.05, 0.1) is 17.3 Å². The highest BCUT2D eigenvalue weighted by Crippen LogP contribution is 2.38. The lowest BCUT2D eigenvalue weighted by molar-refractivity contribution is -0.137. The summed E-state index contributed by atoms with van der Waals surface area (Å²) < 4.78 is 38.6. The average molecular weight is 378 g/mol. The second kappa shape index (κ2) is 7.56. The molecular weight excluding hydrogens is 357 g/mol. The molecule has 0 aliphatic carbocycles. The van der Waals surface area contributed by atoms with E-state index in [2.05, 4.69) is 15.3 Å². The number of rotatable bonds is 3. The van der Waals surface area contributed by atoms with Gasteiger partial charge in [-0.15, -0.1) is 0 Å². The third kappa shape index (κ3) is 4.39. The fourth-order valence-corrected chi connectivity index (χ4v) is 3.15. The molecule has 5 nitrogen and oxygen atoms in total. The molecular formula is C19H21F3N4O. The van der Waals surface area contributed by atoms with Crippen LogP contribution in [0.5, 0.6) is 5.75 Å². The number of benzene rings is 1. The number of nitrogens with two attached hydrogens (primary N) is 1. The smallest absolute Gasteiger partial charge is 0.416 e. The summed E-state index contributed by atoms with van der Waals surface area (Å²) in [5.41, 5.74) is 6.53. The molecule has 2 aromatic rings. The number of nitrogens with one attached hydrogen (secondary N) is 1. The van der Waals surface area contributed by atoms with Crippen LogP contribution in [0.25, 0.3) is 11.3 Å². The first kappa shape index (κ1) is 19.2. The van der Waals surface area contributed by atoms with E-state index < -0.39 is 17.5 Å². The summed E-state index contributed by atoms with van der Waals surface area (Å²) in [6, 6.07) is 5.20. The van der Waals surface area contributed by atoms with E-state index >= 15 is 0 Å². The van der Waals surface area contributed by atoms with E-state index in [9.17, 15) is 18.3 Å². The Labute approximate surface area is 155 Å². The molecule has 1 aromatic carbocycles. The van der Waals surface area contributed by atoms with Gasteiger partial charge in [-0.3, -0.25) is 4.99 Å². The molecule has 27 heavy (non-hydrogen) atoms. The number of nitrogen functional groups attached to an aromatic ring is 1. The number of nitrogens with zero attached hydrogens (tertiary/aromatic N) is 2. The van der Waals surface area contributed by atoms with Crippen LogP contribution in [0.2, 0.25) is 0 Å². The van der Waals surface area contributed by atoms with E-state index in [-0.39, 0.29) is 23.0 Å². The number of phenolic OH excluding ortho intramolecular Hbond substituents is 1. The van der Waals surface area contributed by atoms with Gasteiger partial charge in [-0.2, -0.15) is 13.2 Å². The van der Waals surface area contributed by atoms with Gasteiger partial charge in [-0.05, 0) is 56.1 Å². The molecule has 3 rings (SSSR count). The van der Waals surface area contributed by atoms with Crippen molar-refractivity contribution < 1.29 is 18.3 Å². The Morgan fingerprint density at radius 1 is 1.33 bits per heavy atom. The van der Waals surface area contributed by atoms with Crippen molar-refractivity contribution in [3.8, 4) is 17.0 Å². The molecule has 4 N–H and O–H groups in total. The Kier molecular flexibility index (Phi) is 5.36. The fraction of sp³-hybridized carbons (Fsp3) is 0.368. The first-order chi connectivity index (χ1) is 12.8. The minimum atomic E-state index is -4.53. The SMILES string of the molecule is Cc1cc(C(F)(F)F)cc(O)c1-c1ccc(C=NC2CCCNC2)c(N)n1. The Hall–Kier alpha value is -2.61. The number of hydrogen-bond donors (Lipinski definition) is 3. The van der Waals surface area contributed by atoms with Gasteiger partial charge in [0.15, 0.2) is 0 Å². The van der Waals surface area contributed by atoms with E-state index in [0.717, 1.165) is 32.0 Å². The molecule has 8 heteroatoms. The van der Waals surface area contributed by atoms with Crippen molar-refractivity contribution in [3.63, 3.8) is 0 Å². The van der Waals surface area contributed by atoms with Crippen LogP contribution in [0.1, 0.15) is 29.5 Å². The quantitative estimate of drug-likeness (QED) is 0.714. The van der Waals surface area contributed by atoms with Gasteiger partial charge in [0.1, 0.15) is 11.6 Å². The fourth-order valence-electron chi connectivity index (χ4n) is 3.15. The second-order valence-corrected chi connectivity index (χ2v) is 6.63. The molecule has 2 heterocycles. The molecule has 1 aromatic heterocycles. The number of pyridine rings is 1. The minimum absolute atomic E-state index is 0.194. The van der Waals surface area contributed by atoms with Gasteiger partial charge in [-0.1, -0.05) is 0 Å². The van der Waals surface area contributed by atoms with Crippen LogP contribution in [0, 0.1) is 6.92 Å². The number of anilines is 1. The third-order valence-corrected chi connectivity index (χ3v) is 4.55. The maximum atomic E-state index is 12.9. The summed E-state index contributed by atoms with van der Waals surface area (Å²) in [5, 5.41) is 13.4. The van der Waals surface area contributed by atoms with E-state index in [1.54, 1.807) is 18.3 Å². The van der Waals surface area contributed by atoms with Crippen molar-refractivity contribution >= 4 is 12.0 Å². The largest absolute Gasteiger partial charge is 0.507 e. The number of aromatic nitrogens is 1. The first-order valence-corrected chi connectivity index (χ1v) is 8.67. The molecule has 0 radical (unpaired) electrons. The van der Waals surface area contributed by atoms with Gasteiger partial charge in [-0.25, -0.2) is 4.98 Å². The lowest BCUT2D eigenvalue weighted by Gasteiger charge is -2.18. The van der Waals surface area contributed by atoms with Crippen LogP contribution in [0.4, 0.5) is 19.0 Å². The highest BCUT2D eigenvalue weighted by molar-refractivity contribution is 5.87. The van der Waals surface area contributed by atoms with Gasteiger partial charge in [0, 0.05) is 23.9 Å². The van der Waals surface area contributed by atoms with Crippen LogP contribution in [0.3, 0.4) is 0 Å². The molecule has 144 valence electrons. The van der Waals surface area contributed by atoms with Crippen LogP contribution in [-0.4, -0.2) is 35.4 Å². The summed E-state index contributed by atoms with van der Waals surface area (Å²) in [6.45, 7) is 3.31. The third-order valence-electron chi connectivity index (χ3n) is 4.55. The Balaban J connectivity index is 1.88. The predicted molar refractivity (Wildman–Crippen MR) is 99.0 cm³/mol. The molecule has 1 unspecified atom stereocenters. The monoisotopic (exact) mass is 378 g/mol. The van der Waals surface area contributed by atoms with Crippen LogP contribution in [-0.2, 0) is 6.18 Å². The van der Waals surface area contributed by atoms with Gasteiger partial charge in [0.2, 0.25) is 0 Å². The van der Waals surface area contributed by atoms with Crippen molar-refractivity contribution in [3.05, 3.63) is 41.0 Å². The van der Waals surface area contributed by atoms with Gasteiger partial charge in [0.25, 0.3) is 0 Å². The number of phenols is 1. The minimum Gasteiger partial charge on any atom is -0.507 e. The Bertz CT molecular complexity index is 836. The molecule has 1 atom stereocenters. The van der Waals surface area contributed by atoms with Crippen molar-refractivity contribution in [2.75, 3.05) is 18.8 Å². The highest BCUT2D eigenvalue weighted by Gasteiger charge is 2.32. The molecule has 0 spiro atoms. The summed E-state index contributed by atoms with van der Waals surface area (Å²) in [4.78, 5) is 8.76. The maximum absolute atomic E-state index is 12.9. The number of hydrogen-bond acceptors (Lipinski definition) is 5. The molecule has 1 aliphatic rings. The lowest BCUT2D eigenvalue weighted by Crippen LogP contribution is -2.32. The Morgan fingerprint density at radius 3 is 2.70 bits per heavy atom. The molecule has 0 saturated carbocycles. The molecule has 0 amide bonds. The number of aliphatic imine (C=N–C) groups is 1. The van der Waals surface area contributed by atoms with Crippen molar-refractivity contribution in [1.29, 1.82) is 0 Å². The normalized spacial score (nSPS) is 18.1. The zero-order valence-electron chi connectivity index (χ0n) is 14.8. The number of alkyl halides is 3. The standard InChI is InChI=1S/C19H21F3N4O/c1-11-7-13(19(20,21)22)8-16(27)17(11)15-5-4-12(18(23)26-15)9-25-14-3-2-6-24-10-14/h4-5,7-9,14,24,27H,2-3,6,10H2,1H3,(H2,23,26). The predicted octanol–water partition coefficient (Wildman–Crippen LogP) is 3.53. The van der Waals surface area contributed by atoms with E-state index in [1.807, 2.05) is 0 Å². The highest BCUT2D eigenvalue weighted by atomic mass is 19.4. The zero-order chi connectivity index (χ0) is 19.6. The lowest BCUT2D eigenvalue weighted by atomic mass is 10.00. The summed E-state index contributed by atoms with van der Waals surface area (Å²) in [5.74, 6) is -0.275. The summed E-state index contributed by atoms with van der Waals surface area (Å²) in [6.07, 6.45) is -0.778. The van der Waals surface area contributed by atoms with Gasteiger partial charge >= 0.3 is 6.18 Å². The molecule has 0 bridgehead atoms. The molecule has 1 saturated heterocycles. The van der Waals surface area contributed by atoms with Crippen molar-refractivity contribution in [2.24, 2.45) is 4.99 Å². The van der Waals surface area contributed by atoms with E-state index in [1.165, 1.54) is 6.92 Å². The number of piperidine rings is 1. The molecule has 1 fully saturated rings. The van der Waals surface area contributed by atoms with Crippen LogP contribution < -0.4 is 11.1 Å². The number of aromatic hydroxyl groups is 1. The van der Waals surface area contributed by atoms with Crippen LogP contribution in [0.15, 0.2) is 29.3 Å². The summed E-state index contributed by atoms with van der Waals surface area (Å²) >= 11 is 0. The zero-order valence-corrected chi connectivity index (χ0v) is 14.8. The van der Waals surface area contributed by atoms with Crippen LogP contribution >= 0.6 is 0 Å². The van der Waals surface area contributed by atoms with E-state index in [0.29, 0.717) is 17.3 Å². The van der Waals surface area contributed by atoms with Gasteiger partial charge < -0.3 is 16.2 Å². The first-order valence-electron chi connectivity index (χ1n) is 8.67. The van der Waals surface area contributed by atoms with E-state index in [4.69, 9.17) is 5.73 Å². The Morgan fingerprint density at radius 2 is 2.11 bits per heavy atom. The summed E-state index contributed by atoms with van der Waals surface area (Å²) in [7, 11) is 0. The maximum Gasteiger partial charge on any atom is 0.416 e.